The number of aromatic nitrogens is 4. The van der Waals surface area contributed by atoms with Crippen molar-refractivity contribution in [3.63, 3.8) is 0 Å². The fourth-order valence-corrected chi connectivity index (χ4v) is 6.54. The Labute approximate surface area is 174 Å². The molecule has 0 saturated heterocycles. The molecule has 1 N–H and O–H groups in total. The lowest BCUT2D eigenvalue weighted by molar-refractivity contribution is 0.225. The molecule has 0 amide bonds. The number of nitrogens with one attached hydrogen (secondary N) is 1. The number of pyridine rings is 1. The lowest BCUT2D eigenvalue weighted by atomic mass is 9.70. The molecule has 2 aliphatic rings. The molecule has 2 bridgehead atoms. The number of H-pyrrole nitrogens is 1. The number of nitrogens with zero attached hydrogens (tertiary/aromatic N) is 3. The molecule has 2 aromatic carbocycles. The summed E-state index contributed by atoms with van der Waals surface area (Å²) >= 11 is 0. The first-order valence-electron chi connectivity index (χ1n) is 10.9. The van der Waals surface area contributed by atoms with Crippen molar-refractivity contribution >= 4 is 32.7 Å². The molecule has 0 radical (unpaired) electrons. The Bertz CT molecular complexity index is 1500. The normalized spacial score (nSPS) is 24.3. The van der Waals surface area contributed by atoms with Crippen LogP contribution >= 0.6 is 0 Å². The Morgan fingerprint density at radius 3 is 2.73 bits per heavy atom. The van der Waals surface area contributed by atoms with Crippen LogP contribution in [0.5, 0.6) is 0 Å². The Balaban J connectivity index is 1.63. The maximum atomic E-state index is 4.91. The molecule has 2 aliphatic carbocycles. The van der Waals surface area contributed by atoms with E-state index in [-0.39, 0.29) is 10.8 Å². The summed E-state index contributed by atoms with van der Waals surface area (Å²) in [5.41, 5.74) is 5.32. The van der Waals surface area contributed by atoms with Crippen molar-refractivity contribution in [1.29, 1.82) is 0 Å². The monoisotopic (exact) mass is 392 g/mol. The molecule has 0 aliphatic heterocycles. The highest BCUT2D eigenvalue weighted by Gasteiger charge is 2.61. The van der Waals surface area contributed by atoms with E-state index < -0.39 is 0 Å². The zero-order valence-corrected chi connectivity index (χ0v) is 17.5. The van der Waals surface area contributed by atoms with E-state index in [0.29, 0.717) is 5.92 Å². The van der Waals surface area contributed by atoms with Crippen molar-refractivity contribution in [2.45, 2.75) is 44.9 Å². The highest BCUT2D eigenvalue weighted by molar-refractivity contribution is 6.20. The highest BCUT2D eigenvalue weighted by Crippen LogP contribution is 2.68. The minimum absolute atomic E-state index is 0.164. The minimum atomic E-state index is 0.164. The van der Waals surface area contributed by atoms with Gasteiger partial charge in [-0.15, -0.1) is 0 Å². The predicted octanol–water partition coefficient (Wildman–Crippen LogP) is 6.23. The van der Waals surface area contributed by atoms with Crippen LogP contribution < -0.4 is 0 Å². The second-order valence-corrected chi connectivity index (χ2v) is 9.87. The lowest BCUT2D eigenvalue weighted by Gasteiger charge is -2.34. The molecule has 4 heteroatoms. The summed E-state index contributed by atoms with van der Waals surface area (Å²) in [4.78, 5) is 4.83. The third-order valence-corrected chi connectivity index (χ3v) is 8.54. The van der Waals surface area contributed by atoms with Gasteiger partial charge in [0.1, 0.15) is 5.65 Å². The lowest BCUT2D eigenvalue weighted by Crippen LogP contribution is -2.32. The van der Waals surface area contributed by atoms with Gasteiger partial charge in [-0.05, 0) is 53.1 Å². The van der Waals surface area contributed by atoms with Gasteiger partial charge in [-0.3, -0.25) is 9.67 Å². The summed E-state index contributed by atoms with van der Waals surface area (Å²) in [6.07, 6.45) is 4.36. The number of hydrogen-bond donors (Lipinski definition) is 1. The molecule has 4 nitrogen and oxygen atoms in total. The highest BCUT2D eigenvalue weighted by atomic mass is 15.2. The standard InChI is InChI=1S/C26H24N4/c1-25(2)18-12-13-26(25,3)22-21(18)24(29-28-22)30-19-11-10-15-7-4-5-8-16(15)20(19)17-9-6-14-27-23(17)30/h4-11,14,18H,12-13H2,1-3H3,(H,28,29). The number of fused-ring (bicyclic) bond motifs is 10. The fraction of sp³-hybridized carbons (Fsp3) is 0.308. The molecule has 7 rings (SSSR count). The Hall–Kier alpha value is -3.14. The van der Waals surface area contributed by atoms with Crippen LogP contribution in [-0.2, 0) is 5.41 Å². The summed E-state index contributed by atoms with van der Waals surface area (Å²) in [6, 6.07) is 17.3. The van der Waals surface area contributed by atoms with E-state index in [9.17, 15) is 0 Å². The summed E-state index contributed by atoms with van der Waals surface area (Å²) in [5, 5.41) is 13.4. The van der Waals surface area contributed by atoms with Gasteiger partial charge in [0, 0.05) is 33.6 Å². The first-order valence-corrected chi connectivity index (χ1v) is 10.9. The Morgan fingerprint density at radius 2 is 1.83 bits per heavy atom. The van der Waals surface area contributed by atoms with E-state index in [2.05, 4.69) is 72.9 Å². The molecule has 3 aromatic heterocycles. The van der Waals surface area contributed by atoms with Crippen LogP contribution in [0.3, 0.4) is 0 Å². The second-order valence-electron chi connectivity index (χ2n) is 9.87. The predicted molar refractivity (Wildman–Crippen MR) is 121 cm³/mol. The third-order valence-electron chi connectivity index (χ3n) is 8.54. The summed E-state index contributed by atoms with van der Waals surface area (Å²) in [5.74, 6) is 1.57. The van der Waals surface area contributed by atoms with Crippen LogP contribution in [0.1, 0.15) is 50.8 Å². The maximum absolute atomic E-state index is 4.91. The molecule has 148 valence electrons. The fourth-order valence-electron chi connectivity index (χ4n) is 6.54. The molecule has 2 atom stereocenters. The van der Waals surface area contributed by atoms with Gasteiger partial charge in [-0.25, -0.2) is 4.98 Å². The van der Waals surface area contributed by atoms with Crippen molar-refractivity contribution in [3.05, 3.63) is 66.0 Å². The summed E-state index contributed by atoms with van der Waals surface area (Å²) < 4.78 is 2.30. The van der Waals surface area contributed by atoms with Crippen molar-refractivity contribution in [3.8, 4) is 5.82 Å². The molecule has 0 spiro atoms. The van der Waals surface area contributed by atoms with Gasteiger partial charge in [0.05, 0.1) is 5.52 Å². The number of hydrogen-bond acceptors (Lipinski definition) is 2. The quantitative estimate of drug-likeness (QED) is 0.367. The van der Waals surface area contributed by atoms with Gasteiger partial charge in [-0.1, -0.05) is 51.1 Å². The summed E-state index contributed by atoms with van der Waals surface area (Å²) in [7, 11) is 0. The van der Waals surface area contributed by atoms with Crippen molar-refractivity contribution < 1.29 is 0 Å². The van der Waals surface area contributed by atoms with Crippen LogP contribution in [0.15, 0.2) is 54.7 Å². The molecule has 30 heavy (non-hydrogen) atoms. The first-order chi connectivity index (χ1) is 14.5. The van der Waals surface area contributed by atoms with Crippen LogP contribution in [-0.4, -0.2) is 19.7 Å². The maximum Gasteiger partial charge on any atom is 0.164 e. The molecular weight excluding hydrogens is 368 g/mol. The van der Waals surface area contributed by atoms with Crippen LogP contribution in [0.2, 0.25) is 0 Å². The molecule has 2 unspecified atom stereocenters. The summed E-state index contributed by atoms with van der Waals surface area (Å²) in [6.45, 7) is 7.28. The molecular formula is C26H24N4. The van der Waals surface area contributed by atoms with E-state index in [1.807, 2.05) is 12.3 Å². The van der Waals surface area contributed by atoms with E-state index in [1.165, 1.54) is 51.2 Å². The first kappa shape index (κ1) is 16.6. The van der Waals surface area contributed by atoms with Crippen LogP contribution in [0.25, 0.3) is 38.5 Å². The smallest absolute Gasteiger partial charge is 0.164 e. The SMILES string of the molecule is CC12CCC(c3c(-n4c5ccc6ccccc6c5c5cccnc54)n[nH]c31)C2(C)C. The second kappa shape index (κ2) is 5.12. The van der Waals surface area contributed by atoms with Gasteiger partial charge in [-0.2, -0.15) is 5.10 Å². The average molecular weight is 393 g/mol. The number of benzene rings is 2. The van der Waals surface area contributed by atoms with E-state index in [4.69, 9.17) is 10.1 Å². The Kier molecular flexibility index (Phi) is 2.84. The third kappa shape index (κ3) is 1.68. The van der Waals surface area contributed by atoms with Crippen molar-refractivity contribution in [2.24, 2.45) is 5.41 Å². The van der Waals surface area contributed by atoms with Gasteiger partial charge in [0.15, 0.2) is 5.82 Å². The molecule has 1 fully saturated rings. The largest absolute Gasteiger partial charge is 0.280 e. The molecule has 1 saturated carbocycles. The van der Waals surface area contributed by atoms with Crippen LogP contribution in [0.4, 0.5) is 0 Å². The number of aromatic amines is 1. The zero-order valence-electron chi connectivity index (χ0n) is 17.5. The van der Waals surface area contributed by atoms with Gasteiger partial charge < -0.3 is 0 Å². The van der Waals surface area contributed by atoms with E-state index >= 15 is 0 Å². The zero-order chi connectivity index (χ0) is 20.3. The molecule has 5 aromatic rings. The van der Waals surface area contributed by atoms with Crippen molar-refractivity contribution in [1.82, 2.24) is 19.7 Å². The van der Waals surface area contributed by atoms with Crippen molar-refractivity contribution in [2.75, 3.05) is 0 Å². The molecule has 3 heterocycles. The van der Waals surface area contributed by atoms with Gasteiger partial charge in [0.2, 0.25) is 0 Å². The van der Waals surface area contributed by atoms with Gasteiger partial charge >= 0.3 is 0 Å². The minimum Gasteiger partial charge on any atom is -0.280 e. The topological polar surface area (TPSA) is 46.5 Å². The van der Waals surface area contributed by atoms with Crippen LogP contribution in [0, 0.1) is 5.41 Å². The van der Waals surface area contributed by atoms with E-state index in [0.717, 1.165) is 11.5 Å². The number of rotatable bonds is 1. The Morgan fingerprint density at radius 1 is 1.00 bits per heavy atom. The van der Waals surface area contributed by atoms with Gasteiger partial charge in [0.25, 0.3) is 0 Å². The van der Waals surface area contributed by atoms with E-state index in [1.54, 1.807) is 0 Å². The average Bonchev–Trinajstić information content (AvgIpc) is 3.43.